The van der Waals surface area contributed by atoms with Crippen molar-refractivity contribution in [2.75, 3.05) is 0 Å². The van der Waals surface area contributed by atoms with Crippen LogP contribution in [0.15, 0.2) is 84.6 Å². The summed E-state index contributed by atoms with van der Waals surface area (Å²) < 4.78 is 0. The first kappa shape index (κ1) is 39.9. The van der Waals surface area contributed by atoms with E-state index in [1.54, 1.807) is 6.08 Å². The molecule has 0 saturated heterocycles. The molecule has 5 heteroatoms. The molecule has 297 valence electrons. The maximum absolute atomic E-state index is 13.4. The Bertz CT molecular complexity index is 2050. The Morgan fingerprint density at radius 1 is 0.750 bits per heavy atom. The van der Waals surface area contributed by atoms with Crippen LogP contribution in [-0.2, 0) is 30.3 Å². The van der Waals surface area contributed by atoms with Crippen LogP contribution in [0.5, 0.6) is 0 Å². The van der Waals surface area contributed by atoms with Gasteiger partial charge in [-0.15, -0.1) is 35.4 Å². The van der Waals surface area contributed by atoms with E-state index in [1.807, 2.05) is 0 Å². The van der Waals surface area contributed by atoms with Crippen LogP contribution < -0.4 is 5.19 Å². The van der Waals surface area contributed by atoms with Crippen LogP contribution in [0.3, 0.4) is 0 Å². The number of allylic oxidation sites excluding steroid dienone is 2. The van der Waals surface area contributed by atoms with Gasteiger partial charge in [0.25, 0.3) is 0 Å². The van der Waals surface area contributed by atoms with Gasteiger partial charge < -0.3 is 5.11 Å². The number of fused-ring (bicyclic) bond motifs is 1. The van der Waals surface area contributed by atoms with Crippen molar-refractivity contribution in [2.24, 2.45) is 46.3 Å². The second-order valence-electron chi connectivity index (χ2n) is 21.4. The number of rotatable bonds is 6. The average molecular weight is 941 g/mol. The third kappa shape index (κ3) is 7.59. The molecule has 0 amide bonds. The molecular weight excluding hydrogens is 879 g/mol. The Balaban J connectivity index is 0.000000157. The molecule has 8 aliphatic carbocycles. The van der Waals surface area contributed by atoms with Crippen LogP contribution in [0.2, 0.25) is 19.6 Å². The summed E-state index contributed by atoms with van der Waals surface area (Å²) in [4.78, 5) is 18.4. The largest absolute Gasteiger partial charge is 0.512 e. The fourth-order valence-corrected chi connectivity index (χ4v) is 14.2. The molecule has 1 N–H and O–H groups in total. The van der Waals surface area contributed by atoms with Crippen LogP contribution in [0, 0.1) is 52.4 Å². The first-order valence-electron chi connectivity index (χ1n) is 21.6. The zero-order valence-corrected chi connectivity index (χ0v) is 38.0. The van der Waals surface area contributed by atoms with Crippen LogP contribution >= 0.6 is 0 Å². The fraction of sp³-hybridized carbons (Fsp3) is 0.529. The van der Waals surface area contributed by atoms with Gasteiger partial charge in [-0.1, -0.05) is 94.1 Å². The van der Waals surface area contributed by atoms with Crippen molar-refractivity contribution in [3.05, 3.63) is 96.3 Å². The average Bonchev–Trinajstić information content (AvgIpc) is 3.13. The standard InChI is InChI=1S/C28H30NSi.C23H32O2.Ir/c1-28(2,3)22-14-12-21(13-15-22)27-19-24(20-10-8-7-9-11-20)25-18-23(30(4,5)6)16-17-26(25)29-27;24-20(22-8-14-1-15(9-22)3-16(2-14)10-22)7-21(25)23-11-17-4-18(12-23)6-19(5-17)13-23;/h7-12,14-19H,1-6H3;7,14-19,24H,1-6,8-13H2;/q-1;;/b;20-7-;. The van der Waals surface area contributed by atoms with Crippen molar-refractivity contribution >= 4 is 29.9 Å². The number of aliphatic hydroxyl groups is 1. The molecule has 8 fully saturated rings. The Kier molecular flexibility index (Phi) is 10.5. The molecule has 1 heterocycles. The van der Waals surface area contributed by atoms with Crippen LogP contribution in [0.1, 0.15) is 103 Å². The Hall–Kier alpha value is -2.85. The first-order chi connectivity index (χ1) is 26.1. The van der Waals surface area contributed by atoms with Crippen molar-refractivity contribution in [1.82, 2.24) is 4.98 Å². The quantitative estimate of drug-likeness (QED) is 0.0907. The van der Waals surface area contributed by atoms with E-state index in [4.69, 9.17) is 4.98 Å². The zero-order chi connectivity index (χ0) is 38.3. The van der Waals surface area contributed by atoms with Gasteiger partial charge in [0.05, 0.1) is 13.6 Å². The molecule has 12 rings (SSSR count). The van der Waals surface area contributed by atoms with E-state index in [9.17, 15) is 9.90 Å². The van der Waals surface area contributed by atoms with Gasteiger partial charge >= 0.3 is 0 Å². The number of benzene rings is 3. The second kappa shape index (κ2) is 14.8. The third-order valence-electron chi connectivity index (χ3n) is 15.1. The minimum absolute atomic E-state index is 0. The van der Waals surface area contributed by atoms with Gasteiger partial charge in [0.2, 0.25) is 0 Å². The van der Waals surface area contributed by atoms with E-state index in [0.717, 1.165) is 90.8 Å². The predicted octanol–water partition coefficient (Wildman–Crippen LogP) is 12.6. The SMILES string of the molecule is CC(C)(C)c1c[c-]c(-c2cc(-c3ccccc3)c3cc([Si](C)(C)C)ccc3n2)cc1.O=C(/C=C(\O)C12CC3CC(CC(C3)C1)C2)C12CC3CC(CC(C3)C1)C2.[Ir]. The summed E-state index contributed by atoms with van der Waals surface area (Å²) >= 11 is 0. The molecule has 8 bridgehead atoms. The third-order valence-corrected chi connectivity index (χ3v) is 17.2. The number of aliphatic hydroxyl groups excluding tert-OH is 1. The Morgan fingerprint density at radius 2 is 1.29 bits per heavy atom. The van der Waals surface area contributed by atoms with E-state index in [-0.39, 0.29) is 36.4 Å². The molecule has 4 aromatic rings. The molecule has 8 aliphatic rings. The summed E-state index contributed by atoms with van der Waals surface area (Å²) in [7, 11) is -1.41. The number of hydrogen-bond acceptors (Lipinski definition) is 3. The number of nitrogens with zero attached hydrogens (tertiary/aromatic N) is 1. The number of carbonyl (C=O) groups is 1. The minimum Gasteiger partial charge on any atom is -0.512 e. The second-order valence-corrected chi connectivity index (χ2v) is 26.5. The summed E-state index contributed by atoms with van der Waals surface area (Å²) in [5.74, 6) is 5.64. The van der Waals surface area contributed by atoms with E-state index in [0.29, 0.717) is 11.5 Å². The Morgan fingerprint density at radius 3 is 1.77 bits per heavy atom. The molecule has 0 atom stereocenters. The van der Waals surface area contributed by atoms with Crippen molar-refractivity contribution in [3.8, 4) is 22.4 Å². The van der Waals surface area contributed by atoms with Crippen molar-refractivity contribution in [1.29, 1.82) is 0 Å². The molecule has 3 aromatic carbocycles. The smallest absolute Gasteiger partial charge is 0.165 e. The van der Waals surface area contributed by atoms with Crippen molar-refractivity contribution < 1.29 is 30.0 Å². The predicted molar refractivity (Wildman–Crippen MR) is 230 cm³/mol. The molecule has 1 aromatic heterocycles. The number of ketones is 1. The molecule has 1 radical (unpaired) electrons. The monoisotopic (exact) mass is 941 g/mol. The summed E-state index contributed by atoms with van der Waals surface area (Å²) in [5.41, 5.74) is 6.82. The van der Waals surface area contributed by atoms with Crippen molar-refractivity contribution in [2.45, 2.75) is 123 Å². The van der Waals surface area contributed by atoms with Crippen LogP contribution in [-0.4, -0.2) is 23.9 Å². The van der Waals surface area contributed by atoms with Gasteiger partial charge in [-0.05, 0) is 141 Å². The maximum atomic E-state index is 13.4. The van der Waals surface area contributed by atoms with Gasteiger partial charge in [0, 0.05) is 42.4 Å². The number of aromatic nitrogens is 1. The molecule has 3 nitrogen and oxygen atoms in total. The molecular formula is C51H62IrNO2Si-. The van der Waals surface area contributed by atoms with Gasteiger partial charge in [-0.2, -0.15) is 0 Å². The summed E-state index contributed by atoms with van der Waals surface area (Å²) in [6.07, 6.45) is 16.8. The summed E-state index contributed by atoms with van der Waals surface area (Å²) in [6.45, 7) is 13.9. The van der Waals surface area contributed by atoms with Gasteiger partial charge in [-0.25, -0.2) is 0 Å². The van der Waals surface area contributed by atoms with E-state index < -0.39 is 8.07 Å². The van der Waals surface area contributed by atoms with E-state index in [2.05, 4.69) is 119 Å². The molecule has 56 heavy (non-hydrogen) atoms. The summed E-state index contributed by atoms with van der Waals surface area (Å²) in [5, 5.41) is 13.8. The fourth-order valence-electron chi connectivity index (χ4n) is 13.0. The minimum atomic E-state index is -1.41. The normalized spacial score (nSPS) is 31.5. The van der Waals surface area contributed by atoms with Crippen LogP contribution in [0.25, 0.3) is 33.3 Å². The first-order valence-corrected chi connectivity index (χ1v) is 25.1. The zero-order valence-electron chi connectivity index (χ0n) is 34.6. The summed E-state index contributed by atoms with van der Waals surface area (Å²) in [6, 6.07) is 29.7. The number of carbonyl (C=O) groups excluding carboxylic acids is 1. The Labute approximate surface area is 350 Å². The molecule has 0 aliphatic heterocycles. The number of pyridine rings is 1. The van der Waals surface area contributed by atoms with Gasteiger partial charge in [-0.3, -0.25) is 9.78 Å². The van der Waals surface area contributed by atoms with Gasteiger partial charge in [0.1, 0.15) is 5.76 Å². The number of hydrogen-bond donors (Lipinski definition) is 1. The molecule has 8 saturated carbocycles. The van der Waals surface area contributed by atoms with Gasteiger partial charge in [0.15, 0.2) is 5.78 Å². The maximum Gasteiger partial charge on any atom is 0.165 e. The topological polar surface area (TPSA) is 50.2 Å². The van der Waals surface area contributed by atoms with Crippen LogP contribution in [0.4, 0.5) is 0 Å². The molecule has 0 unspecified atom stereocenters. The van der Waals surface area contributed by atoms with E-state index >= 15 is 0 Å². The van der Waals surface area contributed by atoms with Crippen molar-refractivity contribution in [3.63, 3.8) is 0 Å². The molecule has 0 spiro atoms. The van der Waals surface area contributed by atoms with E-state index in [1.165, 1.54) is 65.8 Å².